The molecule has 1 saturated heterocycles. The van der Waals surface area contributed by atoms with Crippen molar-refractivity contribution in [2.45, 2.75) is 38.4 Å². The molecule has 24 heavy (non-hydrogen) atoms. The average molecular weight is 335 g/mol. The molecule has 0 bridgehead atoms. The Morgan fingerprint density at radius 3 is 2.79 bits per heavy atom. The molecule has 1 N–H and O–H groups in total. The molecule has 0 amide bonds. The average Bonchev–Trinajstić information content (AvgIpc) is 2.79. The number of aromatic nitrogens is 2. The van der Waals surface area contributed by atoms with E-state index in [4.69, 9.17) is 4.74 Å². The smallest absolute Gasteiger partial charge is 0.217 e. The van der Waals surface area contributed by atoms with E-state index in [0.717, 1.165) is 41.8 Å². The Morgan fingerprint density at radius 1 is 1.29 bits per heavy atom. The summed E-state index contributed by atoms with van der Waals surface area (Å²) in [5.41, 5.74) is 2.20. The third kappa shape index (κ3) is 3.59. The highest BCUT2D eigenvalue weighted by Gasteiger charge is 2.26. The number of rotatable bonds is 5. The minimum Gasteiger partial charge on any atom is -0.497 e. The summed E-state index contributed by atoms with van der Waals surface area (Å²) in [4.78, 5) is 0. The normalized spacial score (nSPS) is 18.4. The van der Waals surface area contributed by atoms with Crippen molar-refractivity contribution in [2.24, 2.45) is 0 Å². The number of hydrogen-bond donors (Lipinski definition) is 1. The van der Waals surface area contributed by atoms with E-state index in [9.17, 15) is 8.78 Å². The second kappa shape index (κ2) is 7.75. The van der Waals surface area contributed by atoms with Gasteiger partial charge in [0.2, 0.25) is 5.95 Å². The van der Waals surface area contributed by atoms with Crippen molar-refractivity contribution in [3.8, 4) is 5.75 Å². The Labute approximate surface area is 140 Å². The standard InChI is InChI=1S/C18H23F2N3O/c1-24-15-7-5-13(6-8-15)10-16-17(18(20)23(12-19)22-16)14-4-2-3-9-21-11-14/h5-8,14,21H,2-4,9-12H2,1H3. The van der Waals surface area contributed by atoms with Crippen molar-refractivity contribution in [2.75, 3.05) is 20.2 Å². The zero-order valence-corrected chi connectivity index (χ0v) is 13.9. The van der Waals surface area contributed by atoms with Gasteiger partial charge in [-0.25, -0.2) is 9.07 Å². The first-order valence-electron chi connectivity index (χ1n) is 8.37. The Kier molecular flexibility index (Phi) is 5.45. The van der Waals surface area contributed by atoms with E-state index in [1.54, 1.807) is 7.11 Å². The lowest BCUT2D eigenvalue weighted by atomic mass is 9.92. The number of halogens is 2. The second-order valence-corrected chi connectivity index (χ2v) is 6.19. The van der Waals surface area contributed by atoms with Crippen molar-refractivity contribution in [3.63, 3.8) is 0 Å². The van der Waals surface area contributed by atoms with Crippen LogP contribution in [0.5, 0.6) is 5.75 Å². The molecule has 0 radical (unpaired) electrons. The second-order valence-electron chi connectivity index (χ2n) is 6.19. The molecular weight excluding hydrogens is 312 g/mol. The van der Waals surface area contributed by atoms with Crippen molar-refractivity contribution in [1.29, 1.82) is 0 Å². The Morgan fingerprint density at radius 2 is 2.08 bits per heavy atom. The first kappa shape index (κ1) is 16.9. The first-order chi connectivity index (χ1) is 11.7. The van der Waals surface area contributed by atoms with Gasteiger partial charge in [0.1, 0.15) is 5.75 Å². The van der Waals surface area contributed by atoms with Crippen LogP contribution in [0.1, 0.15) is 42.0 Å². The van der Waals surface area contributed by atoms with E-state index in [1.807, 2.05) is 24.3 Å². The summed E-state index contributed by atoms with van der Waals surface area (Å²) in [6.45, 7) is 0.718. The lowest BCUT2D eigenvalue weighted by Crippen LogP contribution is -2.20. The van der Waals surface area contributed by atoms with Gasteiger partial charge in [-0.3, -0.25) is 0 Å². The van der Waals surface area contributed by atoms with E-state index in [1.165, 1.54) is 0 Å². The Bertz CT molecular complexity index is 662. The number of nitrogens with zero attached hydrogens (tertiary/aromatic N) is 2. The number of alkyl halides is 1. The predicted octanol–water partition coefficient (Wildman–Crippen LogP) is 3.41. The molecule has 0 spiro atoms. The highest BCUT2D eigenvalue weighted by molar-refractivity contribution is 5.33. The summed E-state index contributed by atoms with van der Waals surface area (Å²) in [5.74, 6) is 0.281. The van der Waals surface area contributed by atoms with E-state index >= 15 is 0 Å². The summed E-state index contributed by atoms with van der Waals surface area (Å²) >= 11 is 0. The number of benzene rings is 1. The van der Waals surface area contributed by atoms with Crippen LogP contribution in [0.25, 0.3) is 0 Å². The van der Waals surface area contributed by atoms with Gasteiger partial charge in [-0.2, -0.15) is 9.49 Å². The topological polar surface area (TPSA) is 39.1 Å². The van der Waals surface area contributed by atoms with Gasteiger partial charge in [-0.15, -0.1) is 0 Å². The summed E-state index contributed by atoms with van der Waals surface area (Å²) < 4.78 is 33.7. The molecule has 2 heterocycles. The number of methoxy groups -OCH3 is 1. The van der Waals surface area contributed by atoms with Crippen LogP contribution in [-0.2, 0) is 13.2 Å². The van der Waals surface area contributed by atoms with Gasteiger partial charge >= 0.3 is 0 Å². The van der Waals surface area contributed by atoms with Crippen LogP contribution >= 0.6 is 0 Å². The molecule has 1 unspecified atom stereocenters. The van der Waals surface area contributed by atoms with Crippen LogP contribution in [0, 0.1) is 5.95 Å². The molecule has 1 aromatic carbocycles. The molecule has 130 valence electrons. The maximum atomic E-state index is 14.6. The molecule has 1 aliphatic rings. The van der Waals surface area contributed by atoms with Gasteiger partial charge in [-0.05, 0) is 37.1 Å². The molecule has 1 fully saturated rings. The van der Waals surface area contributed by atoms with Crippen LogP contribution in [-0.4, -0.2) is 30.0 Å². The number of nitrogens with one attached hydrogen (secondary N) is 1. The summed E-state index contributed by atoms with van der Waals surface area (Å²) in [7, 11) is 1.62. The molecule has 1 aliphatic heterocycles. The molecular formula is C18H23F2N3O. The lowest BCUT2D eigenvalue weighted by Gasteiger charge is -2.15. The molecule has 1 aromatic heterocycles. The highest BCUT2D eigenvalue weighted by Crippen LogP contribution is 2.30. The van der Waals surface area contributed by atoms with Crippen molar-refractivity contribution < 1.29 is 13.5 Å². The molecule has 1 atom stereocenters. The first-order valence-corrected chi connectivity index (χ1v) is 8.37. The van der Waals surface area contributed by atoms with Crippen LogP contribution in [0.3, 0.4) is 0 Å². The fourth-order valence-corrected chi connectivity index (χ4v) is 3.32. The summed E-state index contributed by atoms with van der Waals surface area (Å²) in [6.07, 6.45) is 3.51. The van der Waals surface area contributed by atoms with Crippen LogP contribution in [0.4, 0.5) is 8.78 Å². The van der Waals surface area contributed by atoms with E-state index in [2.05, 4.69) is 10.4 Å². The highest BCUT2D eigenvalue weighted by atomic mass is 19.1. The maximum Gasteiger partial charge on any atom is 0.217 e. The minimum absolute atomic E-state index is 0.0426. The zero-order chi connectivity index (χ0) is 16.9. The van der Waals surface area contributed by atoms with Gasteiger partial charge < -0.3 is 10.1 Å². The third-order valence-corrected chi connectivity index (χ3v) is 4.60. The van der Waals surface area contributed by atoms with Gasteiger partial charge in [-0.1, -0.05) is 18.6 Å². The van der Waals surface area contributed by atoms with Crippen molar-refractivity contribution >= 4 is 0 Å². The van der Waals surface area contributed by atoms with Crippen molar-refractivity contribution in [1.82, 2.24) is 15.1 Å². The molecule has 0 aliphatic carbocycles. The van der Waals surface area contributed by atoms with E-state index < -0.39 is 12.7 Å². The largest absolute Gasteiger partial charge is 0.497 e. The third-order valence-electron chi connectivity index (χ3n) is 4.60. The zero-order valence-electron chi connectivity index (χ0n) is 13.9. The predicted molar refractivity (Wildman–Crippen MR) is 88.6 cm³/mol. The molecule has 0 saturated carbocycles. The van der Waals surface area contributed by atoms with E-state index in [-0.39, 0.29) is 5.92 Å². The Balaban J connectivity index is 1.90. The van der Waals surface area contributed by atoms with Crippen LogP contribution < -0.4 is 10.1 Å². The lowest BCUT2D eigenvalue weighted by molar-refractivity contribution is 0.304. The molecule has 3 rings (SSSR count). The number of hydrogen-bond acceptors (Lipinski definition) is 3. The monoisotopic (exact) mass is 335 g/mol. The van der Waals surface area contributed by atoms with Gasteiger partial charge in [0.15, 0.2) is 6.80 Å². The summed E-state index contributed by atoms with van der Waals surface area (Å²) in [6, 6.07) is 7.59. The van der Waals surface area contributed by atoms with Gasteiger partial charge in [0.25, 0.3) is 0 Å². The maximum absolute atomic E-state index is 14.6. The van der Waals surface area contributed by atoms with Crippen LogP contribution in [0.2, 0.25) is 0 Å². The molecule has 2 aromatic rings. The minimum atomic E-state index is -0.943. The van der Waals surface area contributed by atoms with Gasteiger partial charge in [0, 0.05) is 24.4 Å². The van der Waals surface area contributed by atoms with Crippen molar-refractivity contribution in [3.05, 3.63) is 47.0 Å². The number of ether oxygens (including phenoxy) is 1. The quantitative estimate of drug-likeness (QED) is 0.910. The van der Waals surface area contributed by atoms with E-state index in [0.29, 0.717) is 24.2 Å². The van der Waals surface area contributed by atoms with Gasteiger partial charge in [0.05, 0.1) is 12.8 Å². The molecule has 4 nitrogen and oxygen atoms in total. The van der Waals surface area contributed by atoms with Crippen LogP contribution in [0.15, 0.2) is 24.3 Å². The summed E-state index contributed by atoms with van der Waals surface area (Å²) in [5, 5.41) is 7.52. The Hall–Kier alpha value is -1.95. The fraction of sp³-hybridized carbons (Fsp3) is 0.500. The fourth-order valence-electron chi connectivity index (χ4n) is 3.32. The molecule has 6 heteroatoms. The SMILES string of the molecule is COc1ccc(Cc2nn(CF)c(F)c2C2CCCCNC2)cc1.